The minimum absolute atomic E-state index is 0.161. The number of halogens is 3. The van der Waals surface area contributed by atoms with Gasteiger partial charge in [-0.05, 0) is 38.8 Å². The lowest BCUT2D eigenvalue weighted by Gasteiger charge is -2.35. The number of likely N-dealkylation sites (tertiary alicyclic amines) is 1. The molecule has 2 N–H and O–H groups in total. The van der Waals surface area contributed by atoms with Crippen LogP contribution in [-0.4, -0.2) is 64.9 Å². The molecule has 5 rings (SSSR count). The van der Waals surface area contributed by atoms with Crippen LogP contribution < -0.4 is 15.5 Å². The summed E-state index contributed by atoms with van der Waals surface area (Å²) in [7, 11) is 0. The number of amides is 2. The first-order chi connectivity index (χ1) is 19.1. The smallest absolute Gasteiger partial charge is 0.416 e. The van der Waals surface area contributed by atoms with Gasteiger partial charge in [-0.25, -0.2) is 9.97 Å². The fourth-order valence-electron chi connectivity index (χ4n) is 5.19. The molecule has 0 saturated carbocycles. The minimum atomic E-state index is -4.39. The molecular formula is C27H31F3N6O3S. The fraction of sp³-hybridized carbons (Fsp3) is 0.481. The van der Waals surface area contributed by atoms with Crippen LogP contribution in [0.5, 0.6) is 0 Å². The second-order valence-electron chi connectivity index (χ2n) is 10.4. The van der Waals surface area contributed by atoms with Crippen LogP contribution in [0, 0.1) is 5.92 Å². The number of thiazole rings is 1. The zero-order valence-corrected chi connectivity index (χ0v) is 23.0. The zero-order valence-electron chi connectivity index (χ0n) is 22.2. The van der Waals surface area contributed by atoms with Gasteiger partial charge in [0.05, 0.1) is 29.9 Å². The Bertz CT molecular complexity index is 1330. The molecule has 2 aliphatic heterocycles. The lowest BCUT2D eigenvalue weighted by Crippen LogP contribution is -2.54. The van der Waals surface area contributed by atoms with Gasteiger partial charge in [-0.15, -0.1) is 11.3 Å². The molecule has 2 aromatic heterocycles. The molecule has 3 aromatic rings. The van der Waals surface area contributed by atoms with Crippen molar-refractivity contribution in [1.82, 2.24) is 25.5 Å². The number of nitrogens with one attached hydrogen (secondary N) is 2. The number of oxazole rings is 1. The van der Waals surface area contributed by atoms with Crippen LogP contribution in [0.1, 0.15) is 47.8 Å². The average Bonchev–Trinajstić information content (AvgIpc) is 3.61. The van der Waals surface area contributed by atoms with E-state index in [2.05, 4.69) is 34.4 Å². The molecule has 0 radical (unpaired) electrons. The summed E-state index contributed by atoms with van der Waals surface area (Å²) in [4.78, 5) is 38.5. The zero-order chi connectivity index (χ0) is 28.4. The molecule has 3 atom stereocenters. The van der Waals surface area contributed by atoms with Crippen LogP contribution in [-0.2, 0) is 17.5 Å². The van der Waals surface area contributed by atoms with E-state index in [0.717, 1.165) is 25.2 Å². The standard InChI is InChI=1S/C27H31F3N6O3S/c1-16-12-36(13-17(2)33-16)26-32-10-22(39-26)25(38)35-9-3-4-19(14-35)24(37)31-11-23-34-21(15-40-23)18-5-7-20(8-6-18)27(28,29)30/h5-8,10,15-17,19,33H,3-4,9,11-14H2,1-2H3,(H,31,37)/t16-,17+,19-/m0/s1. The first-order valence-corrected chi connectivity index (χ1v) is 14.1. The van der Waals surface area contributed by atoms with Gasteiger partial charge >= 0.3 is 6.18 Å². The summed E-state index contributed by atoms with van der Waals surface area (Å²) in [5, 5.41) is 8.73. The minimum Gasteiger partial charge on any atom is -0.418 e. The van der Waals surface area contributed by atoms with Crippen LogP contribution in [0.3, 0.4) is 0 Å². The molecule has 13 heteroatoms. The van der Waals surface area contributed by atoms with Gasteiger partial charge in [-0.1, -0.05) is 12.1 Å². The van der Waals surface area contributed by atoms with Crippen LogP contribution in [0.15, 0.2) is 40.3 Å². The lowest BCUT2D eigenvalue weighted by molar-refractivity contribution is -0.137. The van der Waals surface area contributed by atoms with Crippen molar-refractivity contribution in [2.24, 2.45) is 5.92 Å². The first kappa shape index (κ1) is 28.1. The van der Waals surface area contributed by atoms with Gasteiger partial charge in [-0.3, -0.25) is 9.59 Å². The molecule has 9 nitrogen and oxygen atoms in total. The van der Waals surface area contributed by atoms with Crippen molar-refractivity contribution >= 4 is 29.2 Å². The topological polar surface area (TPSA) is 104 Å². The Balaban J connectivity index is 1.14. The lowest BCUT2D eigenvalue weighted by atomic mass is 9.97. The van der Waals surface area contributed by atoms with Gasteiger partial charge in [0.15, 0.2) is 0 Å². The van der Waals surface area contributed by atoms with Gasteiger partial charge < -0.3 is 24.9 Å². The highest BCUT2D eigenvalue weighted by atomic mass is 32.1. The summed E-state index contributed by atoms with van der Waals surface area (Å²) in [5.41, 5.74) is 0.403. The van der Waals surface area contributed by atoms with E-state index < -0.39 is 11.7 Å². The molecule has 0 spiro atoms. The van der Waals surface area contributed by atoms with Gasteiger partial charge in [0.2, 0.25) is 11.7 Å². The molecule has 40 heavy (non-hydrogen) atoms. The van der Waals surface area contributed by atoms with Crippen molar-refractivity contribution in [2.45, 2.75) is 51.5 Å². The number of rotatable bonds is 6. The van der Waals surface area contributed by atoms with Crippen LogP contribution in [0.2, 0.25) is 0 Å². The molecule has 4 heterocycles. The molecule has 0 aliphatic carbocycles. The third-order valence-electron chi connectivity index (χ3n) is 7.09. The molecule has 2 amide bonds. The van der Waals surface area contributed by atoms with Crippen LogP contribution >= 0.6 is 11.3 Å². The Hall–Kier alpha value is -3.45. The summed E-state index contributed by atoms with van der Waals surface area (Å²) < 4.78 is 44.3. The predicted molar refractivity (Wildman–Crippen MR) is 144 cm³/mol. The third-order valence-corrected chi connectivity index (χ3v) is 7.93. The van der Waals surface area contributed by atoms with E-state index in [0.29, 0.717) is 41.7 Å². The number of hydrogen-bond donors (Lipinski definition) is 2. The second kappa shape index (κ2) is 11.6. The number of alkyl halides is 3. The molecule has 2 aliphatic rings. The van der Waals surface area contributed by atoms with E-state index in [1.54, 1.807) is 10.3 Å². The van der Waals surface area contributed by atoms with Crippen molar-refractivity contribution in [3.63, 3.8) is 0 Å². The Morgan fingerprint density at radius 2 is 1.88 bits per heavy atom. The predicted octanol–water partition coefficient (Wildman–Crippen LogP) is 4.17. The number of anilines is 1. The largest absolute Gasteiger partial charge is 0.418 e. The Morgan fingerprint density at radius 1 is 1.15 bits per heavy atom. The molecule has 214 valence electrons. The highest BCUT2D eigenvalue weighted by Gasteiger charge is 2.32. The van der Waals surface area contributed by atoms with Gasteiger partial charge in [0, 0.05) is 49.2 Å². The quantitative estimate of drug-likeness (QED) is 0.454. The van der Waals surface area contributed by atoms with E-state index in [9.17, 15) is 22.8 Å². The summed E-state index contributed by atoms with van der Waals surface area (Å²) >= 11 is 1.32. The summed E-state index contributed by atoms with van der Waals surface area (Å²) in [5.74, 6) is -0.669. The number of carbonyl (C=O) groups excluding carboxylic acids is 2. The van der Waals surface area contributed by atoms with Gasteiger partial charge in [0.1, 0.15) is 5.01 Å². The highest BCUT2D eigenvalue weighted by molar-refractivity contribution is 7.09. The number of benzene rings is 1. The van der Waals surface area contributed by atoms with Crippen molar-refractivity contribution in [1.29, 1.82) is 0 Å². The Labute approximate surface area is 233 Å². The van der Waals surface area contributed by atoms with Crippen molar-refractivity contribution < 1.29 is 27.2 Å². The maximum Gasteiger partial charge on any atom is 0.416 e. The molecule has 2 saturated heterocycles. The van der Waals surface area contributed by atoms with Crippen molar-refractivity contribution in [3.05, 3.63) is 52.2 Å². The number of piperazine rings is 1. The van der Waals surface area contributed by atoms with E-state index in [4.69, 9.17) is 4.42 Å². The summed E-state index contributed by atoms with van der Waals surface area (Å²) in [6.07, 6.45) is -1.60. The SMILES string of the molecule is C[C@@H]1CN(c2ncc(C(=O)N3CCC[C@H](C(=O)NCc4nc(-c5ccc(C(F)(F)F)cc5)cs4)C3)o2)C[C@H](C)N1. The van der Waals surface area contributed by atoms with E-state index in [1.165, 1.54) is 29.7 Å². The molecular weight excluding hydrogens is 545 g/mol. The molecule has 1 aromatic carbocycles. The average molecular weight is 577 g/mol. The normalized spacial score (nSPS) is 21.9. The highest BCUT2D eigenvalue weighted by Crippen LogP contribution is 2.31. The first-order valence-electron chi connectivity index (χ1n) is 13.2. The number of carbonyl (C=O) groups is 2. The number of nitrogens with zero attached hydrogens (tertiary/aromatic N) is 4. The third kappa shape index (κ3) is 6.47. The van der Waals surface area contributed by atoms with E-state index in [-0.39, 0.29) is 48.7 Å². The van der Waals surface area contributed by atoms with Crippen LogP contribution in [0.25, 0.3) is 11.3 Å². The molecule has 0 unspecified atom stereocenters. The Morgan fingerprint density at radius 3 is 2.58 bits per heavy atom. The monoisotopic (exact) mass is 576 g/mol. The van der Waals surface area contributed by atoms with Crippen molar-refractivity contribution in [3.8, 4) is 11.3 Å². The summed E-state index contributed by atoms with van der Waals surface area (Å²) in [6.45, 7) is 6.64. The molecule has 0 bridgehead atoms. The van der Waals surface area contributed by atoms with Crippen LogP contribution in [0.4, 0.5) is 19.2 Å². The maximum atomic E-state index is 13.1. The maximum absolute atomic E-state index is 13.1. The summed E-state index contributed by atoms with van der Waals surface area (Å²) in [6, 6.07) is 5.80. The number of piperidine rings is 1. The van der Waals surface area contributed by atoms with E-state index >= 15 is 0 Å². The second-order valence-corrected chi connectivity index (χ2v) is 11.3. The fourth-order valence-corrected chi connectivity index (χ4v) is 5.93. The number of aromatic nitrogens is 2. The van der Waals surface area contributed by atoms with Crippen molar-refractivity contribution in [2.75, 3.05) is 31.1 Å². The van der Waals surface area contributed by atoms with Gasteiger partial charge in [-0.2, -0.15) is 13.2 Å². The Kier molecular flexibility index (Phi) is 8.13. The molecule has 2 fully saturated rings. The number of hydrogen-bond acceptors (Lipinski definition) is 8. The van der Waals surface area contributed by atoms with E-state index in [1.807, 2.05) is 4.90 Å². The van der Waals surface area contributed by atoms with Gasteiger partial charge in [0.25, 0.3) is 11.9 Å².